The van der Waals surface area contributed by atoms with Crippen molar-refractivity contribution in [1.82, 2.24) is 0 Å². The van der Waals surface area contributed by atoms with Gasteiger partial charge in [-0.05, 0) is 6.42 Å². The van der Waals surface area contributed by atoms with Crippen LogP contribution in [0.1, 0.15) is 6.42 Å². The number of rotatable bonds is 3. The Balaban J connectivity index is 5.21. The molecule has 0 aliphatic rings. The largest absolute Gasteiger partial charge is 0.405 e. The predicted molar refractivity (Wildman–Crippen MR) is 44.0 cm³/mol. The van der Waals surface area contributed by atoms with Crippen LogP contribution in [0.2, 0.25) is 0 Å². The van der Waals surface area contributed by atoms with Crippen LogP contribution in [0, 0.1) is 5.41 Å². The van der Waals surface area contributed by atoms with Crippen LogP contribution in [-0.2, 0) is 0 Å². The van der Waals surface area contributed by atoms with Gasteiger partial charge in [0.2, 0.25) is 0 Å². The Kier molecular flexibility index (Phi) is 4.47. The fourth-order valence-corrected chi connectivity index (χ4v) is 1.74. The van der Waals surface area contributed by atoms with Crippen molar-refractivity contribution in [2.75, 3.05) is 11.1 Å². The van der Waals surface area contributed by atoms with Crippen molar-refractivity contribution in [3.05, 3.63) is 0 Å². The van der Waals surface area contributed by atoms with E-state index in [2.05, 4.69) is 0 Å². The van der Waals surface area contributed by atoms with Crippen LogP contribution in [0.4, 0.5) is 30.7 Å². The molecule has 0 radical (unpaired) electrons. The molecule has 0 N–H and O–H groups in total. The van der Waals surface area contributed by atoms with Gasteiger partial charge in [-0.25, -0.2) is 4.39 Å². The summed E-state index contributed by atoms with van der Waals surface area (Å²) in [6.45, 7) is -2.47. The molecule has 14 heavy (non-hydrogen) atoms. The van der Waals surface area contributed by atoms with Crippen molar-refractivity contribution in [1.29, 1.82) is 0 Å². The average molecular weight is 338 g/mol. The number of hydrogen-bond acceptors (Lipinski definition) is 0. The first-order chi connectivity index (χ1) is 6.12. The van der Waals surface area contributed by atoms with Gasteiger partial charge in [-0.2, -0.15) is 26.3 Å². The Morgan fingerprint density at radius 1 is 0.857 bits per heavy atom. The van der Waals surface area contributed by atoms with E-state index in [9.17, 15) is 30.7 Å². The minimum atomic E-state index is -5.61. The zero-order valence-electron chi connectivity index (χ0n) is 6.65. The van der Waals surface area contributed by atoms with Crippen molar-refractivity contribution in [2.45, 2.75) is 18.8 Å². The van der Waals surface area contributed by atoms with E-state index in [-0.39, 0.29) is 0 Å². The van der Waals surface area contributed by atoms with Crippen molar-refractivity contribution in [3.8, 4) is 0 Å². The summed E-state index contributed by atoms with van der Waals surface area (Å²) in [4.78, 5) is 0. The second-order valence-corrected chi connectivity index (χ2v) is 3.73. The third-order valence-corrected chi connectivity index (χ3v) is 2.37. The summed E-state index contributed by atoms with van der Waals surface area (Å²) in [5, 5.41) is 0. The molecule has 0 nitrogen and oxygen atoms in total. The molecular formula is C6H6F7I. The lowest BCUT2D eigenvalue weighted by molar-refractivity contribution is -0.344. The van der Waals surface area contributed by atoms with Crippen LogP contribution in [0.3, 0.4) is 0 Å². The van der Waals surface area contributed by atoms with E-state index in [4.69, 9.17) is 0 Å². The molecule has 0 aromatic rings. The van der Waals surface area contributed by atoms with Crippen LogP contribution < -0.4 is 0 Å². The monoisotopic (exact) mass is 338 g/mol. The molecule has 0 spiro atoms. The molecule has 0 aliphatic heterocycles. The van der Waals surface area contributed by atoms with Gasteiger partial charge in [0.1, 0.15) is 6.67 Å². The summed E-state index contributed by atoms with van der Waals surface area (Å²) in [5.74, 6) is 0. The van der Waals surface area contributed by atoms with E-state index in [1.54, 1.807) is 0 Å². The van der Waals surface area contributed by atoms with Gasteiger partial charge in [0.15, 0.2) is 5.41 Å². The van der Waals surface area contributed by atoms with Gasteiger partial charge in [0.05, 0.1) is 0 Å². The molecule has 0 aliphatic carbocycles. The fraction of sp³-hybridized carbons (Fsp3) is 1.00. The van der Waals surface area contributed by atoms with E-state index in [1.165, 1.54) is 22.6 Å². The quantitative estimate of drug-likeness (QED) is 0.416. The third kappa shape index (κ3) is 2.43. The molecule has 0 aromatic carbocycles. The van der Waals surface area contributed by atoms with E-state index < -0.39 is 35.3 Å². The topological polar surface area (TPSA) is 0 Å². The summed E-state index contributed by atoms with van der Waals surface area (Å²) in [6, 6.07) is 0. The summed E-state index contributed by atoms with van der Waals surface area (Å²) in [6.07, 6.45) is -12.5. The first-order valence-electron chi connectivity index (χ1n) is 3.38. The molecule has 8 heteroatoms. The highest BCUT2D eigenvalue weighted by molar-refractivity contribution is 14.1. The first kappa shape index (κ1) is 14.2. The molecule has 0 fully saturated rings. The molecule has 86 valence electrons. The van der Waals surface area contributed by atoms with Gasteiger partial charge >= 0.3 is 12.4 Å². The van der Waals surface area contributed by atoms with Gasteiger partial charge in [0, 0.05) is 4.43 Å². The zero-order valence-corrected chi connectivity index (χ0v) is 8.80. The summed E-state index contributed by atoms with van der Waals surface area (Å²) in [5.41, 5.74) is -4.21. The maximum Gasteiger partial charge on any atom is 0.405 e. The molecule has 0 unspecified atom stereocenters. The average Bonchev–Trinajstić information content (AvgIpc) is 1.94. The molecule has 0 rings (SSSR count). The van der Waals surface area contributed by atoms with Crippen LogP contribution in [0.5, 0.6) is 0 Å². The Labute approximate surface area is 89.0 Å². The Bertz CT molecular complexity index is 168. The molecule has 0 bridgehead atoms. The zero-order chi connectivity index (χ0) is 11.6. The standard InChI is InChI=1S/C6H6F7I/c7-3-4(1-2-14,5(8,9)10)6(11,12)13/h1-3H2. The molecule has 0 saturated carbocycles. The van der Waals surface area contributed by atoms with Crippen LogP contribution in [0.15, 0.2) is 0 Å². The molecule has 0 amide bonds. The van der Waals surface area contributed by atoms with Crippen LogP contribution in [-0.4, -0.2) is 23.5 Å². The highest BCUT2D eigenvalue weighted by atomic mass is 127. The van der Waals surface area contributed by atoms with Crippen molar-refractivity contribution in [2.24, 2.45) is 5.41 Å². The summed E-state index contributed by atoms with van der Waals surface area (Å²) >= 11 is 1.35. The van der Waals surface area contributed by atoms with Gasteiger partial charge in [0.25, 0.3) is 0 Å². The van der Waals surface area contributed by atoms with E-state index in [0.29, 0.717) is 0 Å². The highest BCUT2D eigenvalue weighted by Crippen LogP contribution is 2.53. The molecular weight excluding hydrogens is 332 g/mol. The third-order valence-electron chi connectivity index (χ3n) is 1.83. The van der Waals surface area contributed by atoms with E-state index in [0.717, 1.165) is 0 Å². The maximum absolute atomic E-state index is 12.1. The fourth-order valence-electron chi connectivity index (χ4n) is 0.824. The van der Waals surface area contributed by atoms with E-state index >= 15 is 0 Å². The predicted octanol–water partition coefficient (Wildman–Crippen LogP) is 3.89. The smallest absolute Gasteiger partial charge is 0.250 e. The molecule has 0 heterocycles. The van der Waals surface area contributed by atoms with Crippen molar-refractivity contribution >= 4 is 22.6 Å². The Hall–Kier alpha value is 0.240. The Morgan fingerprint density at radius 3 is 1.29 bits per heavy atom. The lowest BCUT2D eigenvalue weighted by Gasteiger charge is -2.34. The van der Waals surface area contributed by atoms with Gasteiger partial charge < -0.3 is 0 Å². The Morgan fingerprint density at radius 2 is 1.21 bits per heavy atom. The van der Waals surface area contributed by atoms with Crippen LogP contribution >= 0.6 is 22.6 Å². The SMILES string of the molecule is FCC(CCI)(C(F)(F)F)C(F)(F)F. The van der Waals surface area contributed by atoms with Crippen molar-refractivity contribution in [3.63, 3.8) is 0 Å². The molecule has 0 saturated heterocycles. The van der Waals surface area contributed by atoms with Crippen molar-refractivity contribution < 1.29 is 30.7 Å². The maximum atomic E-state index is 12.1. The molecule has 0 aromatic heterocycles. The second-order valence-electron chi connectivity index (χ2n) is 2.65. The highest BCUT2D eigenvalue weighted by Gasteiger charge is 2.70. The lowest BCUT2D eigenvalue weighted by Crippen LogP contribution is -2.52. The minimum Gasteiger partial charge on any atom is -0.250 e. The second kappa shape index (κ2) is 4.40. The number of hydrogen-bond donors (Lipinski definition) is 0. The summed E-state index contributed by atoms with van der Waals surface area (Å²) in [7, 11) is 0. The van der Waals surface area contributed by atoms with E-state index in [1.807, 2.05) is 0 Å². The minimum absolute atomic E-state index is 0.416. The van der Waals surface area contributed by atoms with Gasteiger partial charge in [-0.15, -0.1) is 0 Å². The van der Waals surface area contributed by atoms with Crippen LogP contribution in [0.25, 0.3) is 0 Å². The normalized spacial score (nSPS) is 14.6. The number of alkyl halides is 8. The lowest BCUT2D eigenvalue weighted by atomic mass is 9.85. The number of halogens is 8. The summed E-state index contributed by atoms with van der Waals surface area (Å²) < 4.78 is 84.2. The van der Waals surface area contributed by atoms with Gasteiger partial charge in [-0.3, -0.25) is 0 Å². The first-order valence-corrected chi connectivity index (χ1v) is 4.90. The van der Waals surface area contributed by atoms with Gasteiger partial charge in [-0.1, -0.05) is 22.6 Å². The molecule has 0 atom stereocenters.